The Morgan fingerprint density at radius 2 is 2.18 bits per heavy atom. The summed E-state index contributed by atoms with van der Waals surface area (Å²) in [5.74, 6) is -2.41. The van der Waals surface area contributed by atoms with Gasteiger partial charge in [-0.25, -0.2) is 0 Å². The first-order valence-electron chi connectivity index (χ1n) is 6.69. The molecule has 1 saturated carbocycles. The van der Waals surface area contributed by atoms with Gasteiger partial charge in [0, 0.05) is 23.7 Å². The second-order valence-corrected chi connectivity index (χ2v) is 5.52. The van der Waals surface area contributed by atoms with Crippen molar-refractivity contribution in [1.29, 1.82) is 0 Å². The molecule has 2 atom stereocenters. The number of benzene rings is 1. The number of alkyl halides is 3. The third-order valence-corrected chi connectivity index (χ3v) is 4.23. The highest BCUT2D eigenvalue weighted by atomic mass is 19.4. The third-order valence-electron chi connectivity index (χ3n) is 4.23. The highest BCUT2D eigenvalue weighted by Crippen LogP contribution is 2.51. The van der Waals surface area contributed by atoms with E-state index < -0.39 is 28.6 Å². The van der Waals surface area contributed by atoms with Crippen molar-refractivity contribution in [3.63, 3.8) is 0 Å². The summed E-state index contributed by atoms with van der Waals surface area (Å²) < 4.78 is 37.6. The van der Waals surface area contributed by atoms with Crippen molar-refractivity contribution in [2.75, 3.05) is 5.32 Å². The molecule has 1 aromatic carbocycles. The van der Waals surface area contributed by atoms with E-state index in [1.807, 2.05) is 5.32 Å². The van der Waals surface area contributed by atoms with Crippen LogP contribution in [0.4, 0.5) is 24.5 Å². The van der Waals surface area contributed by atoms with E-state index in [2.05, 4.69) is 5.32 Å². The number of anilines is 1. The van der Waals surface area contributed by atoms with Crippen molar-refractivity contribution in [1.82, 2.24) is 5.32 Å². The Kier molecular flexibility index (Phi) is 3.05. The number of nitrogens with one attached hydrogen (secondary N) is 2. The molecule has 1 aromatic rings. The Labute approximate surface area is 122 Å². The van der Waals surface area contributed by atoms with E-state index in [1.165, 1.54) is 18.2 Å². The van der Waals surface area contributed by atoms with Gasteiger partial charge < -0.3 is 10.6 Å². The van der Waals surface area contributed by atoms with Crippen LogP contribution in [0.3, 0.4) is 0 Å². The highest BCUT2D eigenvalue weighted by molar-refractivity contribution is 5.84. The maximum atomic E-state index is 12.5. The van der Waals surface area contributed by atoms with Crippen molar-refractivity contribution >= 4 is 17.3 Å². The Hall–Kier alpha value is -2.32. The second-order valence-electron chi connectivity index (χ2n) is 5.52. The van der Waals surface area contributed by atoms with Gasteiger partial charge in [0.05, 0.1) is 4.92 Å². The quantitative estimate of drug-likeness (QED) is 0.649. The van der Waals surface area contributed by atoms with Gasteiger partial charge in [-0.2, -0.15) is 13.2 Å². The predicted molar refractivity (Wildman–Crippen MR) is 70.2 cm³/mol. The number of fused-ring (bicyclic) bond motifs is 3. The Bertz CT molecular complexity index is 662. The molecule has 0 saturated heterocycles. The lowest BCUT2D eigenvalue weighted by molar-refractivity contribution is -0.384. The first kappa shape index (κ1) is 14.6. The molecule has 2 N–H and O–H groups in total. The maximum absolute atomic E-state index is 12.5. The van der Waals surface area contributed by atoms with Gasteiger partial charge in [-0.05, 0) is 30.9 Å². The molecule has 0 bridgehead atoms. The van der Waals surface area contributed by atoms with E-state index in [9.17, 15) is 28.1 Å². The van der Waals surface area contributed by atoms with Crippen LogP contribution < -0.4 is 10.6 Å². The number of hydrogen-bond acceptors (Lipinski definition) is 4. The predicted octanol–water partition coefficient (Wildman–Crippen LogP) is 2.66. The minimum Gasteiger partial charge on any atom is -0.362 e. The lowest BCUT2D eigenvalue weighted by Crippen LogP contribution is -2.56. The van der Waals surface area contributed by atoms with E-state index in [1.54, 1.807) is 0 Å². The SMILES string of the molecule is O=C(N[C@]12CCC[C@H]1c1cc([N+](=O)[O-])ccc1N2)C(F)(F)F. The Balaban J connectivity index is 1.95. The summed E-state index contributed by atoms with van der Waals surface area (Å²) in [5, 5.41) is 15.8. The first-order chi connectivity index (χ1) is 10.2. The molecular formula is C13H12F3N3O3. The van der Waals surface area contributed by atoms with Crippen molar-refractivity contribution in [3.05, 3.63) is 33.9 Å². The molecule has 0 spiro atoms. The number of carbonyl (C=O) groups excluding carboxylic acids is 1. The summed E-state index contributed by atoms with van der Waals surface area (Å²) in [6, 6.07) is 4.11. The van der Waals surface area contributed by atoms with Crippen LogP contribution in [0.2, 0.25) is 0 Å². The van der Waals surface area contributed by atoms with Crippen molar-refractivity contribution in [2.24, 2.45) is 0 Å². The zero-order chi connectivity index (χ0) is 16.1. The molecule has 0 aromatic heterocycles. The monoisotopic (exact) mass is 315 g/mol. The molecule has 118 valence electrons. The largest absolute Gasteiger partial charge is 0.471 e. The number of nitro groups is 1. The Morgan fingerprint density at radius 1 is 1.45 bits per heavy atom. The summed E-state index contributed by atoms with van der Waals surface area (Å²) in [4.78, 5) is 21.6. The normalized spacial score (nSPS) is 26.0. The molecule has 1 fully saturated rings. The molecular weight excluding hydrogens is 303 g/mol. The van der Waals surface area contributed by atoms with Crippen LogP contribution in [0, 0.1) is 10.1 Å². The first-order valence-corrected chi connectivity index (χ1v) is 6.69. The molecule has 22 heavy (non-hydrogen) atoms. The summed E-state index contributed by atoms with van der Waals surface area (Å²) in [6.45, 7) is 0. The fourth-order valence-corrected chi connectivity index (χ4v) is 3.34. The number of halogens is 3. The number of nitro benzene ring substituents is 1. The molecule has 6 nitrogen and oxygen atoms in total. The fourth-order valence-electron chi connectivity index (χ4n) is 3.34. The summed E-state index contributed by atoms with van der Waals surface area (Å²) >= 11 is 0. The third kappa shape index (κ3) is 2.16. The summed E-state index contributed by atoms with van der Waals surface area (Å²) in [6.07, 6.45) is -3.45. The standard InChI is InChI=1S/C13H12F3N3O3/c14-13(15,16)11(20)18-12-5-1-2-9(12)8-6-7(19(21)22)3-4-10(8)17-12/h3-4,6,9,17H,1-2,5H2,(H,18,20)/t9-,12+/m0/s1. The highest BCUT2D eigenvalue weighted by Gasteiger charge is 2.53. The minimum atomic E-state index is -4.97. The van der Waals surface area contributed by atoms with E-state index in [4.69, 9.17) is 0 Å². The van der Waals surface area contributed by atoms with Crippen LogP contribution in [-0.4, -0.2) is 22.7 Å². The summed E-state index contributed by atoms with van der Waals surface area (Å²) in [7, 11) is 0. The zero-order valence-electron chi connectivity index (χ0n) is 11.2. The van der Waals surface area contributed by atoms with Crippen LogP contribution in [-0.2, 0) is 4.79 Å². The van der Waals surface area contributed by atoms with Gasteiger partial charge in [0.15, 0.2) is 0 Å². The van der Waals surface area contributed by atoms with Crippen LogP contribution in [0.1, 0.15) is 30.7 Å². The van der Waals surface area contributed by atoms with E-state index in [-0.39, 0.29) is 5.69 Å². The van der Waals surface area contributed by atoms with Gasteiger partial charge in [0.2, 0.25) is 0 Å². The molecule has 1 heterocycles. The van der Waals surface area contributed by atoms with Crippen molar-refractivity contribution < 1.29 is 22.9 Å². The molecule has 1 aliphatic heterocycles. The zero-order valence-corrected chi connectivity index (χ0v) is 11.2. The van der Waals surface area contributed by atoms with E-state index in [0.29, 0.717) is 30.5 Å². The molecule has 2 aliphatic rings. The minimum absolute atomic E-state index is 0.120. The number of nitrogens with zero attached hydrogens (tertiary/aromatic N) is 1. The lowest BCUT2D eigenvalue weighted by atomic mass is 9.92. The Morgan fingerprint density at radius 3 is 2.82 bits per heavy atom. The van der Waals surface area contributed by atoms with Crippen LogP contribution in [0.25, 0.3) is 0 Å². The average Bonchev–Trinajstić information content (AvgIpc) is 2.92. The van der Waals surface area contributed by atoms with Gasteiger partial charge in [-0.15, -0.1) is 0 Å². The molecule has 9 heteroatoms. The summed E-state index contributed by atoms with van der Waals surface area (Å²) in [5.41, 5.74) is -0.234. The number of carbonyl (C=O) groups is 1. The second kappa shape index (κ2) is 4.59. The molecule has 1 aliphatic carbocycles. The van der Waals surface area contributed by atoms with Crippen molar-refractivity contribution in [2.45, 2.75) is 37.0 Å². The average molecular weight is 315 g/mol. The molecule has 0 unspecified atom stereocenters. The maximum Gasteiger partial charge on any atom is 0.471 e. The van der Waals surface area contributed by atoms with E-state index >= 15 is 0 Å². The van der Waals surface area contributed by atoms with Gasteiger partial charge in [0.25, 0.3) is 5.69 Å². The number of hydrogen-bond donors (Lipinski definition) is 2. The number of rotatable bonds is 2. The van der Waals surface area contributed by atoms with E-state index in [0.717, 1.165) is 0 Å². The number of amides is 1. The number of non-ortho nitro benzene ring substituents is 1. The fraction of sp³-hybridized carbons (Fsp3) is 0.462. The molecule has 0 radical (unpaired) electrons. The molecule has 1 amide bonds. The van der Waals surface area contributed by atoms with Crippen molar-refractivity contribution in [3.8, 4) is 0 Å². The molecule has 3 rings (SSSR count). The van der Waals surface area contributed by atoms with Crippen LogP contribution in [0.5, 0.6) is 0 Å². The van der Waals surface area contributed by atoms with Crippen LogP contribution in [0.15, 0.2) is 18.2 Å². The lowest BCUT2D eigenvalue weighted by Gasteiger charge is -2.32. The van der Waals surface area contributed by atoms with Gasteiger partial charge in [-0.1, -0.05) is 0 Å². The van der Waals surface area contributed by atoms with Gasteiger partial charge >= 0.3 is 12.1 Å². The van der Waals surface area contributed by atoms with Gasteiger partial charge in [-0.3, -0.25) is 14.9 Å². The van der Waals surface area contributed by atoms with Crippen LogP contribution >= 0.6 is 0 Å². The topological polar surface area (TPSA) is 84.3 Å². The van der Waals surface area contributed by atoms with Gasteiger partial charge in [0.1, 0.15) is 5.66 Å². The smallest absolute Gasteiger partial charge is 0.362 e.